The third-order valence-electron chi connectivity index (χ3n) is 3.02. The highest BCUT2D eigenvalue weighted by Crippen LogP contribution is 2.31. The van der Waals surface area contributed by atoms with Crippen molar-refractivity contribution in [2.24, 2.45) is 0 Å². The van der Waals surface area contributed by atoms with Gasteiger partial charge in [-0.3, -0.25) is 9.63 Å². The lowest BCUT2D eigenvalue weighted by Gasteiger charge is -2.24. The van der Waals surface area contributed by atoms with Crippen LogP contribution in [0.2, 0.25) is 0 Å². The van der Waals surface area contributed by atoms with E-state index in [-0.39, 0.29) is 11.4 Å². The van der Waals surface area contributed by atoms with Crippen molar-refractivity contribution in [1.29, 1.82) is 0 Å². The predicted molar refractivity (Wildman–Crippen MR) is 71.9 cm³/mol. The fourth-order valence-corrected chi connectivity index (χ4v) is 1.79. The lowest BCUT2D eigenvalue weighted by atomic mass is 10.2. The average molecular weight is 305 g/mol. The molecule has 0 aliphatic rings. The molecule has 0 spiro atoms. The molecule has 1 aromatic heterocycles. The second kappa shape index (κ2) is 6.75. The van der Waals surface area contributed by atoms with Crippen molar-refractivity contribution in [2.75, 3.05) is 32.1 Å². The average Bonchev–Trinajstić information content (AvgIpc) is 2.46. The molecule has 0 atom stereocenters. The predicted octanol–water partition coefficient (Wildman–Crippen LogP) is 2.58. The van der Waals surface area contributed by atoms with E-state index in [0.717, 1.165) is 17.2 Å². The molecule has 0 aliphatic carbocycles. The first-order chi connectivity index (χ1) is 9.76. The van der Waals surface area contributed by atoms with Gasteiger partial charge in [0.05, 0.1) is 12.7 Å². The van der Waals surface area contributed by atoms with Gasteiger partial charge < -0.3 is 4.90 Å². The topological polar surface area (TPSA) is 45.7 Å². The maximum absolute atomic E-state index is 12.8. The van der Waals surface area contributed by atoms with Gasteiger partial charge in [-0.25, -0.2) is 10.0 Å². The molecule has 1 aromatic rings. The Labute approximate surface area is 121 Å². The molecule has 21 heavy (non-hydrogen) atoms. The summed E-state index contributed by atoms with van der Waals surface area (Å²) in [4.78, 5) is 22.1. The number of amides is 1. The van der Waals surface area contributed by atoms with Gasteiger partial charge in [0.2, 0.25) is 0 Å². The Morgan fingerprint density at radius 1 is 1.29 bits per heavy atom. The van der Waals surface area contributed by atoms with E-state index in [1.807, 2.05) is 0 Å². The molecule has 0 saturated carbocycles. The first-order valence-electron chi connectivity index (χ1n) is 6.41. The van der Waals surface area contributed by atoms with Crippen LogP contribution in [0.3, 0.4) is 0 Å². The molecule has 0 aliphatic heterocycles. The summed E-state index contributed by atoms with van der Waals surface area (Å²) < 4.78 is 38.4. The Hall–Kier alpha value is -1.83. The Morgan fingerprint density at radius 3 is 2.29 bits per heavy atom. The SMILES string of the molecule is CCN(CC)c1nc(C(F)(F)F)ccc1C(=O)N(C)OC. The summed E-state index contributed by atoms with van der Waals surface area (Å²) in [6.07, 6.45) is -4.56. The number of hydroxylamine groups is 2. The van der Waals surface area contributed by atoms with Gasteiger partial charge in [-0.05, 0) is 26.0 Å². The van der Waals surface area contributed by atoms with E-state index in [1.165, 1.54) is 14.2 Å². The summed E-state index contributed by atoms with van der Waals surface area (Å²) in [6.45, 7) is 4.42. The number of aromatic nitrogens is 1. The smallest absolute Gasteiger partial charge is 0.356 e. The number of pyridine rings is 1. The zero-order valence-electron chi connectivity index (χ0n) is 12.4. The molecule has 1 heterocycles. The van der Waals surface area contributed by atoms with Gasteiger partial charge in [-0.2, -0.15) is 13.2 Å². The Kier molecular flexibility index (Phi) is 5.54. The van der Waals surface area contributed by atoms with E-state index in [9.17, 15) is 18.0 Å². The molecule has 0 fully saturated rings. The molecule has 1 amide bonds. The monoisotopic (exact) mass is 305 g/mol. The molecular formula is C13H18F3N3O2. The number of hydrogen-bond donors (Lipinski definition) is 0. The van der Waals surface area contributed by atoms with Crippen LogP contribution < -0.4 is 4.90 Å². The van der Waals surface area contributed by atoms with Gasteiger partial charge in [-0.15, -0.1) is 0 Å². The van der Waals surface area contributed by atoms with Crippen LogP contribution in [0.1, 0.15) is 29.9 Å². The van der Waals surface area contributed by atoms with Crippen molar-refractivity contribution in [1.82, 2.24) is 10.0 Å². The molecule has 8 heteroatoms. The van der Waals surface area contributed by atoms with E-state index >= 15 is 0 Å². The number of rotatable bonds is 5. The number of anilines is 1. The molecule has 0 radical (unpaired) electrons. The molecule has 0 aromatic carbocycles. The van der Waals surface area contributed by atoms with Crippen LogP contribution in [0.4, 0.5) is 19.0 Å². The van der Waals surface area contributed by atoms with E-state index in [1.54, 1.807) is 18.7 Å². The van der Waals surface area contributed by atoms with Gasteiger partial charge >= 0.3 is 6.18 Å². The van der Waals surface area contributed by atoms with Crippen molar-refractivity contribution < 1.29 is 22.8 Å². The quantitative estimate of drug-likeness (QED) is 0.784. The lowest BCUT2D eigenvalue weighted by molar-refractivity contribution is -0.141. The van der Waals surface area contributed by atoms with Crippen molar-refractivity contribution >= 4 is 11.7 Å². The minimum absolute atomic E-state index is 0.00345. The van der Waals surface area contributed by atoms with Crippen molar-refractivity contribution in [2.45, 2.75) is 20.0 Å². The van der Waals surface area contributed by atoms with E-state index in [2.05, 4.69) is 4.98 Å². The molecule has 1 rings (SSSR count). The highest BCUT2D eigenvalue weighted by molar-refractivity contribution is 5.98. The fraction of sp³-hybridized carbons (Fsp3) is 0.538. The summed E-state index contributed by atoms with van der Waals surface area (Å²) in [6, 6.07) is 1.92. The van der Waals surface area contributed by atoms with Crippen LogP contribution >= 0.6 is 0 Å². The molecule has 0 unspecified atom stereocenters. The van der Waals surface area contributed by atoms with Crippen molar-refractivity contribution in [3.63, 3.8) is 0 Å². The summed E-state index contributed by atoms with van der Waals surface area (Å²) in [5, 5.41) is 0.942. The minimum atomic E-state index is -4.56. The molecule has 0 saturated heterocycles. The van der Waals surface area contributed by atoms with Crippen LogP contribution in [0.15, 0.2) is 12.1 Å². The number of halogens is 3. The highest BCUT2D eigenvalue weighted by atomic mass is 19.4. The fourth-order valence-electron chi connectivity index (χ4n) is 1.79. The Morgan fingerprint density at radius 2 is 1.86 bits per heavy atom. The second-order valence-corrected chi connectivity index (χ2v) is 4.22. The van der Waals surface area contributed by atoms with Gasteiger partial charge in [0.15, 0.2) is 0 Å². The third kappa shape index (κ3) is 3.84. The van der Waals surface area contributed by atoms with Crippen LogP contribution in [-0.4, -0.2) is 43.2 Å². The van der Waals surface area contributed by atoms with Crippen LogP contribution in [0.5, 0.6) is 0 Å². The van der Waals surface area contributed by atoms with Crippen LogP contribution in [0.25, 0.3) is 0 Å². The minimum Gasteiger partial charge on any atom is -0.356 e. The largest absolute Gasteiger partial charge is 0.433 e. The zero-order chi connectivity index (χ0) is 16.2. The maximum atomic E-state index is 12.8. The summed E-state index contributed by atoms with van der Waals surface area (Å²) >= 11 is 0. The summed E-state index contributed by atoms with van der Waals surface area (Å²) in [7, 11) is 2.68. The lowest BCUT2D eigenvalue weighted by Crippen LogP contribution is -2.31. The first kappa shape index (κ1) is 17.2. The summed E-state index contributed by atoms with van der Waals surface area (Å²) in [5.41, 5.74) is -0.961. The maximum Gasteiger partial charge on any atom is 0.433 e. The number of carbonyl (C=O) groups excluding carboxylic acids is 1. The molecule has 118 valence electrons. The number of carbonyl (C=O) groups is 1. The normalized spacial score (nSPS) is 11.4. The number of alkyl halides is 3. The first-order valence-corrected chi connectivity index (χ1v) is 6.41. The van der Waals surface area contributed by atoms with Gasteiger partial charge in [0.25, 0.3) is 5.91 Å². The molecule has 0 N–H and O–H groups in total. The molecule has 5 nitrogen and oxygen atoms in total. The van der Waals surface area contributed by atoms with E-state index in [4.69, 9.17) is 4.84 Å². The number of hydrogen-bond acceptors (Lipinski definition) is 4. The second-order valence-electron chi connectivity index (χ2n) is 4.22. The number of nitrogens with zero attached hydrogens (tertiary/aromatic N) is 3. The highest BCUT2D eigenvalue weighted by Gasteiger charge is 2.34. The van der Waals surface area contributed by atoms with Gasteiger partial charge in [-0.1, -0.05) is 0 Å². The van der Waals surface area contributed by atoms with Crippen molar-refractivity contribution in [3.8, 4) is 0 Å². The van der Waals surface area contributed by atoms with Gasteiger partial charge in [0.1, 0.15) is 11.5 Å². The van der Waals surface area contributed by atoms with Crippen LogP contribution in [0, 0.1) is 0 Å². The van der Waals surface area contributed by atoms with Gasteiger partial charge in [0, 0.05) is 20.1 Å². The Bertz CT molecular complexity index is 502. The zero-order valence-corrected chi connectivity index (χ0v) is 12.4. The van der Waals surface area contributed by atoms with E-state index in [0.29, 0.717) is 13.1 Å². The van der Waals surface area contributed by atoms with Crippen molar-refractivity contribution in [3.05, 3.63) is 23.4 Å². The summed E-state index contributed by atoms with van der Waals surface area (Å²) in [5.74, 6) is -0.552. The molecular weight excluding hydrogens is 287 g/mol. The van der Waals surface area contributed by atoms with E-state index < -0.39 is 17.8 Å². The van der Waals surface area contributed by atoms with Crippen LogP contribution in [-0.2, 0) is 11.0 Å². The molecule has 0 bridgehead atoms. The standard InChI is InChI=1S/C13H18F3N3O2/c1-5-19(6-2)11-9(12(20)18(3)21-4)7-8-10(17-11)13(14,15)16/h7-8H,5-6H2,1-4H3. The Balaban J connectivity index is 3.40. The third-order valence-corrected chi connectivity index (χ3v) is 3.02.